The minimum Gasteiger partial charge on any atom is -0.284 e. The third-order valence-corrected chi connectivity index (χ3v) is 6.32. The molecule has 0 spiro atoms. The van der Waals surface area contributed by atoms with E-state index in [1.165, 1.54) is 23.1 Å². The first-order valence-electron chi connectivity index (χ1n) is 7.08. The van der Waals surface area contributed by atoms with Crippen molar-refractivity contribution >= 4 is 50.5 Å². The van der Waals surface area contributed by atoms with E-state index >= 15 is 0 Å². The Morgan fingerprint density at radius 1 is 1.52 bits per heavy atom. The first kappa shape index (κ1) is 16.3. The van der Waals surface area contributed by atoms with E-state index in [-0.39, 0.29) is 21.9 Å². The predicted molar refractivity (Wildman–Crippen MR) is 91.2 cm³/mol. The maximum absolute atomic E-state index is 12.0. The van der Waals surface area contributed by atoms with Crippen LogP contribution in [-0.2, 0) is 10.5 Å². The van der Waals surface area contributed by atoms with Crippen LogP contribution in [0.1, 0.15) is 31.7 Å². The zero-order valence-corrected chi connectivity index (χ0v) is 14.7. The van der Waals surface area contributed by atoms with Crippen molar-refractivity contribution in [2.75, 3.05) is 4.90 Å². The van der Waals surface area contributed by atoms with Crippen molar-refractivity contribution in [3.05, 3.63) is 27.1 Å². The highest BCUT2D eigenvalue weighted by atomic mass is 32.2. The highest BCUT2D eigenvalue weighted by molar-refractivity contribution is 8.00. The van der Waals surface area contributed by atoms with Crippen molar-refractivity contribution in [2.45, 2.75) is 42.3 Å². The van der Waals surface area contributed by atoms with Gasteiger partial charge < -0.3 is 0 Å². The molecule has 0 saturated heterocycles. The monoisotopic (exact) mass is 370 g/mol. The molecule has 1 aliphatic rings. The summed E-state index contributed by atoms with van der Waals surface area (Å²) in [6.07, 6.45) is 2.50. The zero-order valence-electron chi connectivity index (χ0n) is 12.3. The van der Waals surface area contributed by atoms with Gasteiger partial charge in [0.15, 0.2) is 4.34 Å². The second kappa shape index (κ2) is 6.93. The Morgan fingerprint density at radius 3 is 2.91 bits per heavy atom. The second-order valence-corrected chi connectivity index (χ2v) is 8.11. The van der Waals surface area contributed by atoms with Crippen LogP contribution in [0.5, 0.6) is 0 Å². The van der Waals surface area contributed by atoms with E-state index < -0.39 is 0 Å². The third-order valence-electron chi connectivity index (χ3n) is 3.27. The molecule has 0 aliphatic heterocycles. The average Bonchev–Trinajstić information content (AvgIpc) is 3.06. The molecule has 2 heterocycles. The second-order valence-electron chi connectivity index (χ2n) is 5.04. The molecule has 1 amide bonds. The smallest absolute Gasteiger partial charge is 0.284 e. The molecular formula is C13H14N4O3S3. The Balaban J connectivity index is 1.64. The first-order chi connectivity index (χ1) is 11.1. The summed E-state index contributed by atoms with van der Waals surface area (Å²) in [4.78, 5) is 24.1. The van der Waals surface area contributed by atoms with Crippen molar-refractivity contribution in [1.29, 1.82) is 0 Å². The number of hydrogen-bond donors (Lipinski definition) is 0. The van der Waals surface area contributed by atoms with E-state index in [2.05, 4.69) is 10.2 Å². The quantitative estimate of drug-likeness (QED) is 0.319. The number of thioether (sulfide) groups is 1. The van der Waals surface area contributed by atoms with Crippen LogP contribution in [0.4, 0.5) is 10.1 Å². The summed E-state index contributed by atoms with van der Waals surface area (Å²) in [6, 6.07) is 1.85. The predicted octanol–water partition coefficient (Wildman–Crippen LogP) is 3.71. The van der Waals surface area contributed by atoms with E-state index in [0.29, 0.717) is 17.3 Å². The fourth-order valence-corrected chi connectivity index (χ4v) is 4.70. The maximum Gasteiger partial charge on any atom is 0.324 e. The summed E-state index contributed by atoms with van der Waals surface area (Å²) in [6.45, 7) is 1.85. The van der Waals surface area contributed by atoms with Crippen LogP contribution in [0.25, 0.3) is 0 Å². The van der Waals surface area contributed by atoms with Crippen molar-refractivity contribution in [3.63, 3.8) is 0 Å². The Kier molecular flexibility index (Phi) is 4.93. The highest BCUT2D eigenvalue weighted by Crippen LogP contribution is 2.37. The summed E-state index contributed by atoms with van der Waals surface area (Å²) in [5, 5.41) is 21.5. The van der Waals surface area contributed by atoms with Gasteiger partial charge in [0.2, 0.25) is 11.0 Å². The van der Waals surface area contributed by atoms with Crippen molar-refractivity contribution < 1.29 is 9.72 Å². The lowest BCUT2D eigenvalue weighted by Gasteiger charge is -2.17. The van der Waals surface area contributed by atoms with Crippen molar-refractivity contribution in [2.24, 2.45) is 0 Å². The molecule has 2 aromatic heterocycles. The van der Waals surface area contributed by atoms with Gasteiger partial charge in [-0.05, 0) is 18.4 Å². The topological polar surface area (TPSA) is 89.2 Å². The Morgan fingerprint density at radius 2 is 2.30 bits per heavy atom. The molecule has 0 aromatic carbocycles. The summed E-state index contributed by atoms with van der Waals surface area (Å²) < 4.78 is 0.767. The molecule has 0 N–H and O–H groups in total. The molecule has 23 heavy (non-hydrogen) atoms. The Hall–Kier alpha value is -1.52. The molecule has 10 heteroatoms. The molecule has 1 aliphatic carbocycles. The minimum absolute atomic E-state index is 0.0775. The van der Waals surface area contributed by atoms with E-state index in [0.717, 1.165) is 34.1 Å². The average molecular weight is 370 g/mol. The Bertz CT molecular complexity index is 726. The van der Waals surface area contributed by atoms with Gasteiger partial charge in [-0.2, -0.15) is 0 Å². The summed E-state index contributed by atoms with van der Waals surface area (Å²) >= 11 is 4.00. The van der Waals surface area contributed by atoms with Crippen LogP contribution in [0.15, 0.2) is 15.8 Å². The molecule has 7 nitrogen and oxygen atoms in total. The van der Waals surface area contributed by atoms with Gasteiger partial charge in [0.1, 0.15) is 0 Å². The molecule has 0 bridgehead atoms. The number of hydrogen-bond acceptors (Lipinski definition) is 8. The van der Waals surface area contributed by atoms with Crippen LogP contribution in [0.3, 0.4) is 0 Å². The molecule has 2 aromatic rings. The standard InChI is InChI=1S/C13H14N4O3S3/c1-2-10(18)16(9-3-4-9)12-14-15-13(23-12)22-7-8-5-11(17(19)20)21-6-8/h5-6,9H,2-4,7H2,1H3. The van der Waals surface area contributed by atoms with E-state index in [1.54, 1.807) is 16.3 Å². The fourth-order valence-electron chi connectivity index (χ4n) is 2.01. The highest BCUT2D eigenvalue weighted by Gasteiger charge is 2.35. The SMILES string of the molecule is CCC(=O)N(c1nnc(SCc2csc([N+](=O)[O-])c2)s1)C1CC1. The van der Waals surface area contributed by atoms with Crippen LogP contribution >= 0.6 is 34.4 Å². The number of nitro groups is 1. The lowest BCUT2D eigenvalue weighted by atomic mass is 10.4. The van der Waals surface area contributed by atoms with Gasteiger partial charge in [-0.15, -0.1) is 10.2 Å². The number of amides is 1. The minimum atomic E-state index is -0.383. The number of anilines is 1. The van der Waals surface area contributed by atoms with Gasteiger partial charge in [-0.1, -0.05) is 41.4 Å². The lowest BCUT2D eigenvalue weighted by Crippen LogP contribution is -2.32. The Labute approximate surface area is 144 Å². The van der Waals surface area contributed by atoms with Crippen LogP contribution in [-0.4, -0.2) is 27.1 Å². The van der Waals surface area contributed by atoms with E-state index in [9.17, 15) is 14.9 Å². The third kappa shape index (κ3) is 3.88. The van der Waals surface area contributed by atoms with Crippen molar-refractivity contribution in [1.82, 2.24) is 10.2 Å². The van der Waals surface area contributed by atoms with E-state index in [1.807, 2.05) is 6.92 Å². The fraction of sp³-hybridized carbons (Fsp3) is 0.462. The molecule has 1 saturated carbocycles. The van der Waals surface area contributed by atoms with Gasteiger partial charge in [-0.25, -0.2) is 0 Å². The largest absolute Gasteiger partial charge is 0.324 e. The van der Waals surface area contributed by atoms with Crippen LogP contribution in [0.2, 0.25) is 0 Å². The molecule has 122 valence electrons. The van der Waals surface area contributed by atoms with Gasteiger partial charge in [-0.3, -0.25) is 19.8 Å². The molecule has 0 unspecified atom stereocenters. The molecular weight excluding hydrogens is 356 g/mol. The summed E-state index contributed by atoms with van der Waals surface area (Å²) in [5.41, 5.74) is 0.895. The summed E-state index contributed by atoms with van der Waals surface area (Å²) in [7, 11) is 0. The van der Waals surface area contributed by atoms with Gasteiger partial charge in [0.25, 0.3) is 0 Å². The lowest BCUT2D eigenvalue weighted by molar-refractivity contribution is -0.380. The normalized spacial score (nSPS) is 14.0. The number of aromatic nitrogens is 2. The number of rotatable bonds is 7. The molecule has 0 radical (unpaired) electrons. The first-order valence-corrected chi connectivity index (χ1v) is 9.76. The number of carbonyl (C=O) groups excluding carboxylic acids is 1. The van der Waals surface area contributed by atoms with Gasteiger partial charge in [0, 0.05) is 29.7 Å². The number of nitrogens with zero attached hydrogens (tertiary/aromatic N) is 4. The van der Waals surface area contributed by atoms with Crippen molar-refractivity contribution in [3.8, 4) is 0 Å². The zero-order chi connectivity index (χ0) is 16.4. The van der Waals surface area contributed by atoms with Crippen LogP contribution < -0.4 is 4.90 Å². The van der Waals surface area contributed by atoms with E-state index in [4.69, 9.17) is 0 Å². The van der Waals surface area contributed by atoms with Gasteiger partial charge >= 0.3 is 5.00 Å². The summed E-state index contributed by atoms with van der Waals surface area (Å²) in [5.74, 6) is 0.679. The molecule has 0 atom stereocenters. The number of carbonyl (C=O) groups is 1. The maximum atomic E-state index is 12.0. The molecule has 1 fully saturated rings. The number of thiophene rings is 1. The van der Waals surface area contributed by atoms with Gasteiger partial charge in [0.05, 0.1) is 4.92 Å². The molecule has 3 rings (SSSR count). The van der Waals surface area contributed by atoms with Crippen LogP contribution in [0, 0.1) is 10.1 Å².